The number of fused-ring (bicyclic) bond motifs is 3. The molecule has 37 heavy (non-hydrogen) atoms. The minimum atomic E-state index is -1.77. The predicted octanol–water partition coefficient (Wildman–Crippen LogP) is 1.34. The van der Waals surface area contributed by atoms with E-state index in [0.29, 0.717) is 68.8 Å². The second kappa shape index (κ2) is 8.89. The zero-order valence-corrected chi connectivity index (χ0v) is 20.4. The second-order valence-electron chi connectivity index (χ2n) is 9.41. The number of ketones is 1. The summed E-state index contributed by atoms with van der Waals surface area (Å²) in [5, 5.41) is 11.6. The first-order chi connectivity index (χ1) is 17.9. The summed E-state index contributed by atoms with van der Waals surface area (Å²) in [5.74, 6) is -1.66. The minimum Gasteiger partial charge on any atom is -0.507 e. The fourth-order valence-electron chi connectivity index (χ4n) is 5.67. The molecule has 1 N–H and O–H groups in total. The van der Waals surface area contributed by atoms with Crippen LogP contribution >= 0.6 is 0 Å². The number of likely N-dealkylation sites (tertiary alicyclic amines) is 1. The average Bonchev–Trinajstić information content (AvgIpc) is 3.30. The topological polar surface area (TPSA) is 109 Å². The standard InChI is InChI=1S/C27H27N3O7/c1-28-19-5-3-2-4-18(19)27(26(28)34)22(23(31)17-6-7-20-21(16-17)37-15-14-36-20)24(32)25(33)30(27)9-8-29-10-12-35-13-11-29/h2-7,16,31H,8-15H2,1H3/b23-22+. The quantitative estimate of drug-likeness (QED) is 0.377. The third-order valence-electron chi connectivity index (χ3n) is 7.50. The Morgan fingerprint density at radius 3 is 2.46 bits per heavy atom. The van der Waals surface area contributed by atoms with Gasteiger partial charge in [-0.3, -0.25) is 19.3 Å². The molecule has 4 heterocycles. The summed E-state index contributed by atoms with van der Waals surface area (Å²) < 4.78 is 16.6. The number of likely N-dealkylation sites (N-methyl/N-ethyl adjacent to an activating group) is 1. The molecular weight excluding hydrogens is 478 g/mol. The largest absolute Gasteiger partial charge is 0.507 e. The van der Waals surface area contributed by atoms with Crippen molar-refractivity contribution in [2.75, 3.05) is 64.6 Å². The van der Waals surface area contributed by atoms with Gasteiger partial charge in [-0.2, -0.15) is 0 Å². The Labute approximate surface area is 213 Å². The van der Waals surface area contributed by atoms with E-state index in [1.54, 1.807) is 49.5 Å². The molecule has 10 heteroatoms. The number of morpholine rings is 1. The van der Waals surface area contributed by atoms with E-state index in [0.717, 1.165) is 0 Å². The molecule has 192 valence electrons. The molecule has 2 aromatic rings. The number of aliphatic hydroxyl groups is 1. The molecule has 4 aliphatic heterocycles. The number of aliphatic hydroxyl groups excluding tert-OH is 1. The summed E-state index contributed by atoms with van der Waals surface area (Å²) in [7, 11) is 1.61. The number of nitrogens with zero attached hydrogens (tertiary/aromatic N) is 3. The van der Waals surface area contributed by atoms with Crippen LogP contribution in [-0.2, 0) is 24.7 Å². The normalized spacial score (nSPS) is 24.7. The summed E-state index contributed by atoms with van der Waals surface area (Å²) in [5.41, 5.74) is -0.683. The van der Waals surface area contributed by atoms with Crippen molar-refractivity contribution >= 4 is 29.0 Å². The van der Waals surface area contributed by atoms with Crippen LogP contribution in [0.15, 0.2) is 48.0 Å². The maximum atomic E-state index is 14.1. The van der Waals surface area contributed by atoms with Crippen LogP contribution < -0.4 is 14.4 Å². The number of rotatable bonds is 4. The highest BCUT2D eigenvalue weighted by atomic mass is 16.6. The third kappa shape index (κ3) is 3.43. The molecule has 10 nitrogen and oxygen atoms in total. The van der Waals surface area contributed by atoms with Crippen molar-refractivity contribution in [3.05, 3.63) is 59.2 Å². The van der Waals surface area contributed by atoms with Gasteiger partial charge in [-0.25, -0.2) is 0 Å². The van der Waals surface area contributed by atoms with Crippen LogP contribution in [0.25, 0.3) is 5.76 Å². The van der Waals surface area contributed by atoms with Crippen molar-refractivity contribution in [1.29, 1.82) is 0 Å². The number of carbonyl (C=O) groups is 3. The molecule has 0 aliphatic carbocycles. The Morgan fingerprint density at radius 2 is 1.68 bits per heavy atom. The molecule has 0 saturated carbocycles. The highest BCUT2D eigenvalue weighted by Gasteiger charge is 2.66. The van der Waals surface area contributed by atoms with Crippen molar-refractivity contribution in [2.45, 2.75) is 5.54 Å². The molecule has 0 aromatic heterocycles. The van der Waals surface area contributed by atoms with Crippen molar-refractivity contribution in [3.63, 3.8) is 0 Å². The zero-order valence-electron chi connectivity index (χ0n) is 20.4. The summed E-state index contributed by atoms with van der Waals surface area (Å²) >= 11 is 0. The summed E-state index contributed by atoms with van der Waals surface area (Å²) in [6.07, 6.45) is 0. The van der Waals surface area contributed by atoms with Crippen molar-refractivity contribution in [3.8, 4) is 11.5 Å². The first kappa shape index (κ1) is 23.5. The maximum Gasteiger partial charge on any atom is 0.296 e. The van der Waals surface area contributed by atoms with Gasteiger partial charge in [0.05, 0.1) is 18.8 Å². The molecule has 6 rings (SSSR count). The van der Waals surface area contributed by atoms with E-state index >= 15 is 0 Å². The van der Waals surface area contributed by atoms with Gasteiger partial charge < -0.3 is 29.1 Å². The van der Waals surface area contributed by atoms with Gasteiger partial charge in [0.25, 0.3) is 17.6 Å². The lowest BCUT2D eigenvalue weighted by Crippen LogP contribution is -2.53. The van der Waals surface area contributed by atoms with E-state index in [-0.39, 0.29) is 17.7 Å². The van der Waals surface area contributed by atoms with Gasteiger partial charge >= 0.3 is 0 Å². The molecule has 1 atom stereocenters. The van der Waals surface area contributed by atoms with E-state index in [4.69, 9.17) is 14.2 Å². The van der Waals surface area contributed by atoms with Gasteiger partial charge in [-0.05, 0) is 24.3 Å². The van der Waals surface area contributed by atoms with Gasteiger partial charge in [0.15, 0.2) is 17.0 Å². The van der Waals surface area contributed by atoms with Gasteiger partial charge in [0.2, 0.25) is 0 Å². The average molecular weight is 506 g/mol. The minimum absolute atomic E-state index is 0.135. The van der Waals surface area contributed by atoms with Crippen molar-refractivity contribution in [1.82, 2.24) is 9.80 Å². The second-order valence-corrected chi connectivity index (χ2v) is 9.41. The molecule has 2 amide bonds. The number of amides is 2. The van der Waals surface area contributed by atoms with Gasteiger partial charge in [0.1, 0.15) is 19.0 Å². The lowest BCUT2D eigenvalue weighted by atomic mass is 9.82. The molecule has 2 aromatic carbocycles. The molecule has 0 radical (unpaired) electrons. The lowest BCUT2D eigenvalue weighted by molar-refractivity contribution is -0.144. The molecule has 1 unspecified atom stereocenters. The van der Waals surface area contributed by atoms with Crippen molar-refractivity contribution < 1.29 is 33.7 Å². The lowest BCUT2D eigenvalue weighted by Gasteiger charge is -2.36. The fourth-order valence-corrected chi connectivity index (χ4v) is 5.67. The van der Waals surface area contributed by atoms with E-state index in [9.17, 15) is 19.5 Å². The third-order valence-corrected chi connectivity index (χ3v) is 7.50. The number of anilines is 1. The molecular formula is C27H27N3O7. The Morgan fingerprint density at radius 1 is 0.946 bits per heavy atom. The Balaban J connectivity index is 1.52. The van der Waals surface area contributed by atoms with Crippen molar-refractivity contribution in [2.24, 2.45) is 0 Å². The van der Waals surface area contributed by atoms with Crippen LogP contribution in [0.3, 0.4) is 0 Å². The smallest absolute Gasteiger partial charge is 0.296 e. The highest BCUT2D eigenvalue weighted by molar-refractivity contribution is 6.50. The molecule has 2 fully saturated rings. The summed E-state index contributed by atoms with van der Waals surface area (Å²) in [6, 6.07) is 11.9. The number of hydrogen-bond acceptors (Lipinski definition) is 8. The summed E-state index contributed by atoms with van der Waals surface area (Å²) in [6.45, 7) is 3.90. The Hall–Kier alpha value is -3.89. The molecule has 2 saturated heterocycles. The molecule has 4 aliphatic rings. The SMILES string of the molecule is CN1C(=O)C2(/C(=C(/O)c3ccc4c(c3)OCCO4)C(=O)C(=O)N2CCN2CCOCC2)c2ccccc21. The number of para-hydroxylation sites is 1. The zero-order chi connectivity index (χ0) is 25.7. The maximum absolute atomic E-state index is 14.1. The summed E-state index contributed by atoms with van der Waals surface area (Å²) in [4.78, 5) is 46.2. The number of ether oxygens (including phenoxy) is 3. The monoisotopic (exact) mass is 505 g/mol. The number of hydrogen-bond donors (Lipinski definition) is 1. The van der Waals surface area contributed by atoms with E-state index in [2.05, 4.69) is 4.90 Å². The first-order valence-corrected chi connectivity index (χ1v) is 12.3. The van der Waals surface area contributed by atoms with Crippen LogP contribution in [0.2, 0.25) is 0 Å². The van der Waals surface area contributed by atoms with E-state index < -0.39 is 28.9 Å². The predicted molar refractivity (Wildman–Crippen MR) is 132 cm³/mol. The molecule has 1 spiro atoms. The Kier molecular flexibility index (Phi) is 5.65. The highest BCUT2D eigenvalue weighted by Crippen LogP contribution is 2.53. The van der Waals surface area contributed by atoms with Gasteiger partial charge in [-0.15, -0.1) is 0 Å². The van der Waals surface area contributed by atoms with Gasteiger partial charge in [0, 0.05) is 50.0 Å². The Bertz CT molecular complexity index is 1330. The number of Topliss-reactive ketones (excluding diaryl/α,β-unsaturated/α-hetero) is 1. The van der Waals surface area contributed by atoms with E-state index in [1.807, 2.05) is 0 Å². The van der Waals surface area contributed by atoms with Crippen LogP contribution in [0, 0.1) is 0 Å². The van der Waals surface area contributed by atoms with Crippen LogP contribution in [-0.4, -0.2) is 92.2 Å². The van der Waals surface area contributed by atoms with Crippen LogP contribution in [0.4, 0.5) is 5.69 Å². The first-order valence-electron chi connectivity index (χ1n) is 12.3. The van der Waals surface area contributed by atoms with E-state index in [1.165, 1.54) is 9.80 Å². The number of benzene rings is 2. The van der Waals surface area contributed by atoms with Crippen LogP contribution in [0.1, 0.15) is 11.1 Å². The van der Waals surface area contributed by atoms with Crippen LogP contribution in [0.5, 0.6) is 11.5 Å². The number of carbonyl (C=O) groups excluding carboxylic acids is 3. The fraction of sp³-hybridized carbons (Fsp3) is 0.370. The van der Waals surface area contributed by atoms with Gasteiger partial charge in [-0.1, -0.05) is 18.2 Å². The molecule has 0 bridgehead atoms.